The number of hydrogen-bond donors (Lipinski definition) is 2. The number of benzene rings is 2. The summed E-state index contributed by atoms with van der Waals surface area (Å²) in [4.78, 5) is 11.0. The molecule has 1 amide bonds. The number of primary amides is 1. The molecule has 3 N–H and O–H groups in total. The van der Waals surface area contributed by atoms with E-state index in [1.54, 1.807) is 6.07 Å². The zero-order valence-corrected chi connectivity index (χ0v) is 12.2. The van der Waals surface area contributed by atoms with Crippen LogP contribution < -0.4 is 11.1 Å². The molecule has 0 aliphatic heterocycles. The minimum absolute atomic E-state index is 0.179. The predicted octanol–water partition coefficient (Wildman–Crippen LogP) is 3.66. The van der Waals surface area contributed by atoms with Gasteiger partial charge < -0.3 is 11.1 Å². The molecule has 0 radical (unpaired) electrons. The fraction of sp³-hybridized carbons (Fsp3) is 0.235. The summed E-state index contributed by atoms with van der Waals surface area (Å²) < 4.78 is 13.9. The van der Waals surface area contributed by atoms with Crippen molar-refractivity contribution in [3.05, 3.63) is 65.0 Å². The molecule has 2 aromatic rings. The normalized spacial score (nSPS) is 10.7. The average molecular weight is 286 g/mol. The number of rotatable bonds is 5. The van der Waals surface area contributed by atoms with E-state index in [0.29, 0.717) is 18.0 Å². The maximum atomic E-state index is 13.9. The van der Waals surface area contributed by atoms with Gasteiger partial charge in [0.05, 0.1) is 0 Å². The highest BCUT2D eigenvalue weighted by atomic mass is 19.1. The molecule has 0 aromatic heterocycles. The van der Waals surface area contributed by atoms with Crippen molar-refractivity contribution in [3.63, 3.8) is 0 Å². The van der Waals surface area contributed by atoms with E-state index < -0.39 is 11.7 Å². The Bertz CT molecular complexity index is 653. The van der Waals surface area contributed by atoms with E-state index >= 15 is 0 Å². The van der Waals surface area contributed by atoms with Gasteiger partial charge in [-0.15, -0.1) is 0 Å². The quantitative estimate of drug-likeness (QED) is 0.881. The molecule has 0 heterocycles. The van der Waals surface area contributed by atoms with Gasteiger partial charge in [0.15, 0.2) is 0 Å². The van der Waals surface area contributed by atoms with Crippen molar-refractivity contribution < 1.29 is 9.18 Å². The first-order chi connectivity index (χ1) is 9.97. The van der Waals surface area contributed by atoms with E-state index in [0.717, 1.165) is 5.69 Å². The Balaban J connectivity index is 2.09. The summed E-state index contributed by atoms with van der Waals surface area (Å²) in [6.45, 7) is 4.61. The average Bonchev–Trinajstić information content (AvgIpc) is 2.46. The Morgan fingerprint density at radius 2 is 2.00 bits per heavy atom. The molecule has 0 atom stereocenters. The number of nitrogens with two attached hydrogens (primary N) is 1. The number of hydrogen-bond acceptors (Lipinski definition) is 2. The smallest absolute Gasteiger partial charge is 0.248 e. The lowest BCUT2D eigenvalue weighted by Gasteiger charge is -2.11. The van der Waals surface area contributed by atoms with Crippen LogP contribution in [0, 0.1) is 5.82 Å². The Labute approximate surface area is 124 Å². The van der Waals surface area contributed by atoms with Gasteiger partial charge in [0.1, 0.15) is 5.82 Å². The number of anilines is 1. The van der Waals surface area contributed by atoms with Crippen LogP contribution in [0.4, 0.5) is 10.1 Å². The molecule has 2 rings (SSSR count). The molecule has 0 spiro atoms. The molecule has 0 aliphatic carbocycles. The van der Waals surface area contributed by atoms with Crippen LogP contribution in [-0.2, 0) is 6.54 Å². The van der Waals surface area contributed by atoms with E-state index in [-0.39, 0.29) is 5.56 Å². The molecule has 0 saturated carbocycles. The molecule has 110 valence electrons. The van der Waals surface area contributed by atoms with Gasteiger partial charge in [-0.2, -0.15) is 0 Å². The molecule has 0 aliphatic rings. The fourth-order valence-corrected chi connectivity index (χ4v) is 2.05. The Hall–Kier alpha value is -2.36. The molecular formula is C17H19FN2O. The second-order valence-electron chi connectivity index (χ2n) is 5.30. The first-order valence-electron chi connectivity index (χ1n) is 6.89. The largest absolute Gasteiger partial charge is 0.381 e. The second-order valence-corrected chi connectivity index (χ2v) is 5.30. The highest BCUT2D eigenvalue weighted by Crippen LogP contribution is 2.19. The van der Waals surface area contributed by atoms with E-state index in [1.807, 2.05) is 12.1 Å². The summed E-state index contributed by atoms with van der Waals surface area (Å²) in [6.07, 6.45) is 0. The molecule has 0 unspecified atom stereocenters. The van der Waals surface area contributed by atoms with Crippen LogP contribution in [0.5, 0.6) is 0 Å². The van der Waals surface area contributed by atoms with Gasteiger partial charge in [-0.1, -0.05) is 32.0 Å². The summed E-state index contributed by atoms with van der Waals surface area (Å²) in [5, 5.41) is 3.19. The van der Waals surface area contributed by atoms with Crippen LogP contribution in [0.25, 0.3) is 0 Å². The fourth-order valence-electron chi connectivity index (χ4n) is 2.05. The predicted molar refractivity (Wildman–Crippen MR) is 82.8 cm³/mol. The number of carbonyl (C=O) groups excluding carboxylic acids is 1. The van der Waals surface area contributed by atoms with Crippen LogP contribution in [0.2, 0.25) is 0 Å². The first kappa shape index (κ1) is 15.0. The Kier molecular flexibility index (Phi) is 4.58. The number of halogens is 1. The highest BCUT2D eigenvalue weighted by Gasteiger charge is 2.07. The first-order valence-corrected chi connectivity index (χ1v) is 6.89. The van der Waals surface area contributed by atoms with Crippen LogP contribution in [0.3, 0.4) is 0 Å². The number of carbonyl (C=O) groups is 1. The van der Waals surface area contributed by atoms with Crippen LogP contribution in [0.15, 0.2) is 42.5 Å². The summed E-state index contributed by atoms with van der Waals surface area (Å²) in [5.74, 6) is -0.616. The summed E-state index contributed by atoms with van der Waals surface area (Å²) in [6, 6.07) is 12.3. The maximum absolute atomic E-state index is 13.9. The summed E-state index contributed by atoms with van der Waals surface area (Å²) in [7, 11) is 0. The summed E-state index contributed by atoms with van der Waals surface area (Å²) >= 11 is 0. The van der Waals surface area contributed by atoms with Crippen molar-refractivity contribution in [1.29, 1.82) is 0 Å². The molecule has 21 heavy (non-hydrogen) atoms. The molecule has 2 aromatic carbocycles. The highest BCUT2D eigenvalue weighted by molar-refractivity contribution is 5.92. The topological polar surface area (TPSA) is 55.1 Å². The minimum atomic E-state index is -0.627. The summed E-state index contributed by atoms with van der Waals surface area (Å²) in [5.41, 5.74) is 7.97. The molecule has 0 bridgehead atoms. The standard InChI is InChI=1S/C17H19FN2O/c1-11(2)12-4-3-5-15(8-12)20-10-14-7-6-13(17(19)21)9-16(14)18/h3-9,11,20H,10H2,1-2H3,(H2,19,21). The minimum Gasteiger partial charge on any atom is -0.381 e. The number of nitrogens with one attached hydrogen (secondary N) is 1. The molecular weight excluding hydrogens is 267 g/mol. The lowest BCUT2D eigenvalue weighted by Crippen LogP contribution is -2.12. The van der Waals surface area contributed by atoms with Gasteiger partial charge in [-0.05, 0) is 35.7 Å². The van der Waals surface area contributed by atoms with Gasteiger partial charge in [0.2, 0.25) is 5.91 Å². The molecule has 0 fully saturated rings. The zero-order valence-electron chi connectivity index (χ0n) is 12.2. The van der Waals surface area contributed by atoms with Crippen molar-refractivity contribution in [1.82, 2.24) is 0 Å². The van der Waals surface area contributed by atoms with Crippen molar-refractivity contribution in [2.24, 2.45) is 5.73 Å². The van der Waals surface area contributed by atoms with E-state index in [2.05, 4.69) is 31.3 Å². The van der Waals surface area contributed by atoms with Gasteiger partial charge in [-0.3, -0.25) is 4.79 Å². The van der Waals surface area contributed by atoms with E-state index in [4.69, 9.17) is 5.73 Å². The van der Waals surface area contributed by atoms with Crippen molar-refractivity contribution in [2.45, 2.75) is 26.3 Å². The monoisotopic (exact) mass is 286 g/mol. The van der Waals surface area contributed by atoms with Crippen LogP contribution in [0.1, 0.15) is 41.3 Å². The third kappa shape index (κ3) is 3.81. The van der Waals surface area contributed by atoms with E-state index in [1.165, 1.54) is 17.7 Å². The van der Waals surface area contributed by atoms with Gasteiger partial charge in [-0.25, -0.2) is 4.39 Å². The van der Waals surface area contributed by atoms with Crippen LogP contribution >= 0.6 is 0 Å². The third-order valence-electron chi connectivity index (χ3n) is 3.37. The van der Waals surface area contributed by atoms with E-state index in [9.17, 15) is 9.18 Å². The SMILES string of the molecule is CC(C)c1cccc(NCc2ccc(C(N)=O)cc2F)c1. The van der Waals surface area contributed by atoms with Crippen molar-refractivity contribution in [2.75, 3.05) is 5.32 Å². The maximum Gasteiger partial charge on any atom is 0.248 e. The third-order valence-corrected chi connectivity index (χ3v) is 3.37. The van der Waals surface area contributed by atoms with Gasteiger partial charge >= 0.3 is 0 Å². The van der Waals surface area contributed by atoms with Crippen molar-refractivity contribution in [3.8, 4) is 0 Å². The number of amides is 1. The Morgan fingerprint density at radius 1 is 1.24 bits per heavy atom. The molecule has 3 nitrogen and oxygen atoms in total. The van der Waals surface area contributed by atoms with Gasteiger partial charge in [0.25, 0.3) is 0 Å². The molecule has 4 heteroatoms. The van der Waals surface area contributed by atoms with Gasteiger partial charge in [0, 0.05) is 23.4 Å². The molecule has 0 saturated heterocycles. The second kappa shape index (κ2) is 6.39. The lowest BCUT2D eigenvalue weighted by atomic mass is 10.0. The van der Waals surface area contributed by atoms with Crippen molar-refractivity contribution >= 4 is 11.6 Å². The lowest BCUT2D eigenvalue weighted by molar-refractivity contribution is 0.1000. The van der Waals surface area contributed by atoms with Crippen LogP contribution in [-0.4, -0.2) is 5.91 Å². The zero-order chi connectivity index (χ0) is 15.4. The Morgan fingerprint density at radius 3 is 2.62 bits per heavy atom.